The average molecular weight is 346 g/mol. The normalized spacial score (nSPS) is 10.2. The number of hydrogen-bond acceptors (Lipinski definition) is 4. The van der Waals surface area contributed by atoms with Gasteiger partial charge in [0.15, 0.2) is 5.82 Å². The molecule has 6 nitrogen and oxygen atoms in total. The van der Waals surface area contributed by atoms with E-state index in [2.05, 4.69) is 16.5 Å². The Bertz CT molecular complexity index is 968. The number of methoxy groups -OCH3 is 1. The predicted molar refractivity (Wildman–Crippen MR) is 98.3 cm³/mol. The van der Waals surface area contributed by atoms with Gasteiger partial charge in [-0.05, 0) is 48.9 Å². The van der Waals surface area contributed by atoms with Crippen molar-refractivity contribution in [2.45, 2.75) is 13.3 Å². The highest BCUT2D eigenvalue weighted by atomic mass is 16.5. The van der Waals surface area contributed by atoms with Crippen molar-refractivity contribution in [3.8, 4) is 17.5 Å². The molecule has 1 aromatic heterocycles. The SMILES string of the molecule is COc1cccc(CC(=O)Nc2cc(C)n(-c3ccc(C#N)cc3)n2)c1. The van der Waals surface area contributed by atoms with Crippen LogP contribution in [0.4, 0.5) is 5.82 Å². The molecule has 0 saturated carbocycles. The molecule has 3 aromatic rings. The molecule has 6 heteroatoms. The molecule has 0 radical (unpaired) electrons. The number of nitriles is 1. The summed E-state index contributed by atoms with van der Waals surface area (Å²) < 4.78 is 6.90. The van der Waals surface area contributed by atoms with Crippen molar-refractivity contribution < 1.29 is 9.53 Å². The summed E-state index contributed by atoms with van der Waals surface area (Å²) in [6.07, 6.45) is 0.236. The molecule has 0 saturated heterocycles. The topological polar surface area (TPSA) is 79.9 Å². The van der Waals surface area contributed by atoms with Gasteiger partial charge in [0.25, 0.3) is 0 Å². The fourth-order valence-corrected chi connectivity index (χ4v) is 2.63. The van der Waals surface area contributed by atoms with Gasteiger partial charge in [-0.2, -0.15) is 5.26 Å². The second-order valence-electron chi connectivity index (χ2n) is 5.82. The largest absolute Gasteiger partial charge is 0.497 e. The van der Waals surface area contributed by atoms with Gasteiger partial charge in [0, 0.05) is 11.8 Å². The lowest BCUT2D eigenvalue weighted by molar-refractivity contribution is -0.115. The summed E-state index contributed by atoms with van der Waals surface area (Å²) in [6, 6.07) is 18.4. The third-order valence-corrected chi connectivity index (χ3v) is 3.89. The highest BCUT2D eigenvalue weighted by Crippen LogP contribution is 2.17. The first kappa shape index (κ1) is 17.2. The van der Waals surface area contributed by atoms with Crippen LogP contribution in [0.5, 0.6) is 5.75 Å². The highest BCUT2D eigenvalue weighted by Gasteiger charge is 2.10. The molecule has 26 heavy (non-hydrogen) atoms. The quantitative estimate of drug-likeness (QED) is 0.769. The summed E-state index contributed by atoms with van der Waals surface area (Å²) >= 11 is 0. The molecule has 0 atom stereocenters. The van der Waals surface area contributed by atoms with E-state index in [1.807, 2.05) is 49.4 Å². The number of nitrogens with one attached hydrogen (secondary N) is 1. The van der Waals surface area contributed by atoms with E-state index in [-0.39, 0.29) is 12.3 Å². The Hall–Kier alpha value is -3.59. The van der Waals surface area contributed by atoms with Crippen molar-refractivity contribution in [3.05, 3.63) is 71.4 Å². The van der Waals surface area contributed by atoms with Gasteiger partial charge < -0.3 is 10.1 Å². The van der Waals surface area contributed by atoms with Crippen LogP contribution in [-0.4, -0.2) is 22.8 Å². The van der Waals surface area contributed by atoms with Crippen LogP contribution in [0.2, 0.25) is 0 Å². The lowest BCUT2D eigenvalue weighted by Crippen LogP contribution is -2.15. The minimum absolute atomic E-state index is 0.150. The Labute approximate surface area is 151 Å². The molecule has 0 bridgehead atoms. The molecular weight excluding hydrogens is 328 g/mol. The first-order valence-electron chi connectivity index (χ1n) is 8.09. The third-order valence-electron chi connectivity index (χ3n) is 3.89. The maximum Gasteiger partial charge on any atom is 0.229 e. The Morgan fingerprint density at radius 3 is 2.69 bits per heavy atom. The van der Waals surface area contributed by atoms with Gasteiger partial charge in [-0.25, -0.2) is 4.68 Å². The van der Waals surface area contributed by atoms with Crippen LogP contribution >= 0.6 is 0 Å². The second-order valence-corrected chi connectivity index (χ2v) is 5.82. The van der Waals surface area contributed by atoms with Crippen LogP contribution in [0.15, 0.2) is 54.6 Å². The summed E-state index contributed by atoms with van der Waals surface area (Å²) in [6.45, 7) is 1.91. The number of aryl methyl sites for hydroxylation is 1. The predicted octanol–water partition coefficient (Wildman–Crippen LogP) is 3.24. The number of ether oxygens (including phenoxy) is 1. The molecule has 0 unspecified atom stereocenters. The minimum atomic E-state index is -0.150. The molecule has 3 rings (SSSR count). The van der Waals surface area contributed by atoms with E-state index in [0.29, 0.717) is 11.4 Å². The van der Waals surface area contributed by atoms with Crippen LogP contribution < -0.4 is 10.1 Å². The first-order chi connectivity index (χ1) is 12.6. The Morgan fingerprint density at radius 2 is 2.00 bits per heavy atom. The van der Waals surface area contributed by atoms with Crippen molar-refractivity contribution in [3.63, 3.8) is 0 Å². The van der Waals surface area contributed by atoms with E-state index >= 15 is 0 Å². The van der Waals surface area contributed by atoms with E-state index in [1.165, 1.54) is 0 Å². The van der Waals surface area contributed by atoms with Gasteiger partial charge in [-0.15, -0.1) is 5.10 Å². The molecule has 0 aliphatic heterocycles. The zero-order chi connectivity index (χ0) is 18.5. The molecule has 0 aliphatic rings. The van der Waals surface area contributed by atoms with Gasteiger partial charge >= 0.3 is 0 Å². The smallest absolute Gasteiger partial charge is 0.229 e. The maximum absolute atomic E-state index is 12.3. The van der Waals surface area contributed by atoms with E-state index in [1.54, 1.807) is 23.9 Å². The fourth-order valence-electron chi connectivity index (χ4n) is 2.63. The number of aromatic nitrogens is 2. The number of carbonyl (C=O) groups is 1. The Kier molecular flexibility index (Phi) is 4.99. The van der Waals surface area contributed by atoms with Crippen molar-refractivity contribution in [2.75, 3.05) is 12.4 Å². The van der Waals surface area contributed by atoms with Gasteiger partial charge in [-0.3, -0.25) is 4.79 Å². The number of carbonyl (C=O) groups excluding carboxylic acids is 1. The lowest BCUT2D eigenvalue weighted by atomic mass is 10.1. The summed E-state index contributed by atoms with van der Waals surface area (Å²) in [5.74, 6) is 1.05. The number of benzene rings is 2. The minimum Gasteiger partial charge on any atom is -0.497 e. The van der Waals surface area contributed by atoms with Crippen LogP contribution in [-0.2, 0) is 11.2 Å². The number of anilines is 1. The van der Waals surface area contributed by atoms with Gasteiger partial charge in [-0.1, -0.05) is 12.1 Å². The molecular formula is C20H18N4O2. The average Bonchev–Trinajstić information content (AvgIpc) is 3.01. The monoisotopic (exact) mass is 346 g/mol. The van der Waals surface area contributed by atoms with Gasteiger partial charge in [0.2, 0.25) is 5.91 Å². The molecule has 2 aromatic carbocycles. The molecule has 1 N–H and O–H groups in total. The fraction of sp³-hybridized carbons (Fsp3) is 0.150. The van der Waals surface area contributed by atoms with E-state index in [9.17, 15) is 4.79 Å². The molecule has 0 spiro atoms. The van der Waals surface area contributed by atoms with Crippen molar-refractivity contribution in [1.29, 1.82) is 5.26 Å². The Morgan fingerprint density at radius 1 is 1.23 bits per heavy atom. The van der Waals surface area contributed by atoms with Crippen molar-refractivity contribution >= 4 is 11.7 Å². The molecule has 130 valence electrons. The van der Waals surface area contributed by atoms with E-state index < -0.39 is 0 Å². The summed E-state index contributed by atoms with van der Waals surface area (Å²) in [5, 5.41) is 16.1. The molecule has 0 aliphatic carbocycles. The number of hydrogen-bond donors (Lipinski definition) is 1. The van der Waals surface area contributed by atoms with Crippen LogP contribution in [0.25, 0.3) is 5.69 Å². The second kappa shape index (κ2) is 7.53. The Balaban J connectivity index is 1.72. The summed E-state index contributed by atoms with van der Waals surface area (Å²) in [7, 11) is 1.59. The first-order valence-corrected chi connectivity index (χ1v) is 8.09. The lowest BCUT2D eigenvalue weighted by Gasteiger charge is -2.05. The van der Waals surface area contributed by atoms with Crippen LogP contribution in [0.3, 0.4) is 0 Å². The summed E-state index contributed by atoms with van der Waals surface area (Å²) in [4.78, 5) is 12.3. The highest BCUT2D eigenvalue weighted by molar-refractivity contribution is 5.91. The standard InChI is InChI=1S/C20H18N4O2/c1-14-10-19(23-24(14)17-8-6-15(13-21)7-9-17)22-20(25)12-16-4-3-5-18(11-16)26-2/h3-11H,12H2,1-2H3,(H,22,23,25). The number of rotatable bonds is 5. The zero-order valence-electron chi connectivity index (χ0n) is 14.6. The summed E-state index contributed by atoms with van der Waals surface area (Å²) in [5.41, 5.74) is 3.16. The molecule has 1 heterocycles. The van der Waals surface area contributed by atoms with E-state index in [0.717, 1.165) is 22.7 Å². The number of nitrogens with zero attached hydrogens (tertiary/aromatic N) is 3. The molecule has 0 fully saturated rings. The van der Waals surface area contributed by atoms with Crippen LogP contribution in [0.1, 0.15) is 16.8 Å². The zero-order valence-corrected chi connectivity index (χ0v) is 14.6. The number of amides is 1. The van der Waals surface area contributed by atoms with E-state index in [4.69, 9.17) is 10.00 Å². The molecule has 1 amide bonds. The van der Waals surface area contributed by atoms with Gasteiger partial charge in [0.05, 0.1) is 30.9 Å². The van der Waals surface area contributed by atoms with Crippen molar-refractivity contribution in [1.82, 2.24) is 9.78 Å². The maximum atomic E-state index is 12.3. The van der Waals surface area contributed by atoms with Crippen LogP contribution in [0, 0.1) is 18.3 Å². The third kappa shape index (κ3) is 3.90. The van der Waals surface area contributed by atoms with Gasteiger partial charge in [0.1, 0.15) is 5.75 Å². The van der Waals surface area contributed by atoms with Crippen molar-refractivity contribution in [2.24, 2.45) is 0 Å².